The minimum atomic E-state index is -3.70. The maximum absolute atomic E-state index is 11.3. The highest BCUT2D eigenvalue weighted by Gasteiger charge is 2.10. The Kier molecular flexibility index (Phi) is 4.93. The molecule has 0 aliphatic rings. The molecule has 0 aliphatic carbocycles. The molecule has 0 spiro atoms. The molecule has 0 aliphatic heterocycles. The number of halogens is 2. The van der Waals surface area contributed by atoms with Crippen LogP contribution < -0.4 is 9.88 Å². The van der Waals surface area contributed by atoms with Crippen molar-refractivity contribution in [2.75, 3.05) is 0 Å². The third-order valence-corrected chi connectivity index (χ3v) is 4.63. The van der Waals surface area contributed by atoms with E-state index in [1.807, 2.05) is 12.1 Å². The van der Waals surface area contributed by atoms with Crippen molar-refractivity contribution >= 4 is 37.6 Å². The molecule has 0 atom stereocenters. The van der Waals surface area contributed by atoms with Crippen LogP contribution >= 0.6 is 27.5 Å². The zero-order valence-electron chi connectivity index (χ0n) is 11.1. The first-order valence-corrected chi connectivity index (χ1v) is 8.69. The number of nitrogens with two attached hydrogens (primary N) is 1. The van der Waals surface area contributed by atoms with Crippen molar-refractivity contribution in [3.8, 4) is 5.75 Å². The fourth-order valence-electron chi connectivity index (χ4n) is 1.76. The summed E-state index contributed by atoms with van der Waals surface area (Å²) < 4.78 is 29.1. The number of rotatable bonds is 4. The predicted molar refractivity (Wildman–Crippen MR) is 86.0 cm³/mol. The number of hydrogen-bond donors (Lipinski definition) is 1. The van der Waals surface area contributed by atoms with E-state index < -0.39 is 10.0 Å². The van der Waals surface area contributed by atoms with Crippen LogP contribution in [0.4, 0.5) is 0 Å². The highest BCUT2D eigenvalue weighted by molar-refractivity contribution is 9.10. The van der Waals surface area contributed by atoms with Gasteiger partial charge in [0.2, 0.25) is 10.0 Å². The third kappa shape index (κ3) is 4.20. The van der Waals surface area contributed by atoms with Gasteiger partial charge in [0.1, 0.15) is 12.4 Å². The van der Waals surface area contributed by atoms with Gasteiger partial charge in [-0.15, -0.1) is 0 Å². The molecule has 0 bridgehead atoms. The van der Waals surface area contributed by atoms with Crippen LogP contribution in [-0.4, -0.2) is 8.42 Å². The van der Waals surface area contributed by atoms with E-state index >= 15 is 0 Å². The predicted octanol–water partition coefficient (Wildman–Crippen LogP) is 3.64. The fourth-order valence-corrected chi connectivity index (χ4v) is 3.08. The van der Waals surface area contributed by atoms with Gasteiger partial charge in [-0.25, -0.2) is 13.6 Å². The number of aryl methyl sites for hydroxylation is 1. The standard InChI is InChI=1S/C14H13BrClNO3S/c1-9-6-12(21(17,18)19)4-5-14(9)20-8-10-2-3-11(15)7-13(10)16/h2-7H,8H2,1H3,(H2,17,18,19). The second-order valence-corrected chi connectivity index (χ2v) is 7.38. The quantitative estimate of drug-likeness (QED) is 0.866. The lowest BCUT2D eigenvalue weighted by Gasteiger charge is -2.11. The van der Waals surface area contributed by atoms with Gasteiger partial charge in [-0.2, -0.15) is 0 Å². The van der Waals surface area contributed by atoms with Crippen LogP contribution in [0.25, 0.3) is 0 Å². The van der Waals surface area contributed by atoms with Crippen molar-refractivity contribution < 1.29 is 13.2 Å². The molecule has 21 heavy (non-hydrogen) atoms. The highest BCUT2D eigenvalue weighted by Crippen LogP contribution is 2.25. The first kappa shape index (κ1) is 16.3. The van der Waals surface area contributed by atoms with Gasteiger partial charge in [0.25, 0.3) is 0 Å². The summed E-state index contributed by atoms with van der Waals surface area (Å²) in [5.41, 5.74) is 1.53. The lowest BCUT2D eigenvalue weighted by molar-refractivity contribution is 0.304. The summed E-state index contributed by atoms with van der Waals surface area (Å²) in [5, 5.41) is 5.68. The van der Waals surface area contributed by atoms with Gasteiger partial charge in [0.05, 0.1) is 4.90 Å². The van der Waals surface area contributed by atoms with Gasteiger partial charge in [-0.1, -0.05) is 33.6 Å². The second kappa shape index (κ2) is 6.36. The van der Waals surface area contributed by atoms with Crippen LogP contribution in [0.3, 0.4) is 0 Å². The van der Waals surface area contributed by atoms with Gasteiger partial charge in [0.15, 0.2) is 0 Å². The van der Waals surface area contributed by atoms with E-state index in [0.717, 1.165) is 10.0 Å². The van der Waals surface area contributed by atoms with Crippen LogP contribution in [0.15, 0.2) is 45.8 Å². The van der Waals surface area contributed by atoms with E-state index in [9.17, 15) is 8.42 Å². The molecule has 7 heteroatoms. The van der Waals surface area contributed by atoms with Crippen molar-refractivity contribution in [2.45, 2.75) is 18.4 Å². The number of primary sulfonamides is 1. The summed E-state index contributed by atoms with van der Waals surface area (Å²) in [7, 11) is -3.70. The summed E-state index contributed by atoms with van der Waals surface area (Å²) in [6, 6.07) is 10.0. The lowest BCUT2D eigenvalue weighted by atomic mass is 10.2. The topological polar surface area (TPSA) is 69.4 Å². The van der Waals surface area contributed by atoms with Gasteiger partial charge in [-0.3, -0.25) is 0 Å². The SMILES string of the molecule is Cc1cc(S(N)(=O)=O)ccc1OCc1ccc(Br)cc1Cl. The average Bonchev–Trinajstić information content (AvgIpc) is 2.38. The molecular weight excluding hydrogens is 378 g/mol. The highest BCUT2D eigenvalue weighted by atomic mass is 79.9. The Balaban J connectivity index is 2.17. The largest absolute Gasteiger partial charge is 0.489 e. The Morgan fingerprint density at radius 3 is 2.52 bits per heavy atom. The third-order valence-electron chi connectivity index (χ3n) is 2.87. The molecule has 0 heterocycles. The first-order chi connectivity index (χ1) is 9.77. The van der Waals surface area contributed by atoms with Crippen molar-refractivity contribution in [2.24, 2.45) is 5.14 Å². The summed E-state index contributed by atoms with van der Waals surface area (Å²) in [6.45, 7) is 2.05. The molecule has 0 unspecified atom stereocenters. The Bertz CT molecular complexity index is 778. The molecule has 2 aromatic rings. The molecule has 2 N–H and O–H groups in total. The van der Waals surface area contributed by atoms with Crippen molar-refractivity contribution in [1.29, 1.82) is 0 Å². The Morgan fingerprint density at radius 2 is 1.95 bits per heavy atom. The molecular formula is C14H13BrClNO3S. The number of sulfonamides is 1. The van der Waals surface area contributed by atoms with Gasteiger partial charge < -0.3 is 4.74 Å². The maximum Gasteiger partial charge on any atom is 0.238 e. The summed E-state index contributed by atoms with van der Waals surface area (Å²) in [6.07, 6.45) is 0. The number of benzene rings is 2. The Hall–Kier alpha value is -1.08. The van der Waals surface area contributed by atoms with E-state index in [4.69, 9.17) is 21.5 Å². The summed E-state index contributed by atoms with van der Waals surface area (Å²) in [4.78, 5) is 0.0639. The van der Waals surface area contributed by atoms with Crippen LogP contribution in [-0.2, 0) is 16.6 Å². The summed E-state index contributed by atoms with van der Waals surface area (Å²) >= 11 is 9.45. The molecule has 0 saturated heterocycles. The van der Waals surface area contributed by atoms with Crippen LogP contribution in [0.5, 0.6) is 5.75 Å². The van der Waals surface area contributed by atoms with Crippen LogP contribution in [0.2, 0.25) is 5.02 Å². The normalized spacial score (nSPS) is 11.4. The van der Waals surface area contributed by atoms with Crippen molar-refractivity contribution in [1.82, 2.24) is 0 Å². The smallest absolute Gasteiger partial charge is 0.238 e. The fraction of sp³-hybridized carbons (Fsp3) is 0.143. The number of ether oxygens (including phenoxy) is 1. The minimum Gasteiger partial charge on any atom is -0.489 e. The van der Waals surface area contributed by atoms with Gasteiger partial charge in [0, 0.05) is 15.1 Å². The van der Waals surface area contributed by atoms with E-state index in [-0.39, 0.29) is 4.90 Å². The molecule has 0 radical (unpaired) electrons. The van der Waals surface area contributed by atoms with Gasteiger partial charge >= 0.3 is 0 Å². The molecule has 112 valence electrons. The molecule has 2 aromatic carbocycles. The van der Waals surface area contributed by atoms with E-state index in [2.05, 4.69) is 15.9 Å². The van der Waals surface area contributed by atoms with E-state index in [1.54, 1.807) is 19.1 Å². The van der Waals surface area contributed by atoms with E-state index in [1.165, 1.54) is 12.1 Å². The Labute approximate surface area is 137 Å². The van der Waals surface area contributed by atoms with Crippen LogP contribution in [0, 0.1) is 6.92 Å². The monoisotopic (exact) mass is 389 g/mol. The van der Waals surface area contributed by atoms with E-state index in [0.29, 0.717) is 22.9 Å². The molecule has 0 amide bonds. The average molecular weight is 391 g/mol. The molecule has 4 nitrogen and oxygen atoms in total. The minimum absolute atomic E-state index is 0.0639. The van der Waals surface area contributed by atoms with Crippen LogP contribution in [0.1, 0.15) is 11.1 Å². The van der Waals surface area contributed by atoms with Crippen molar-refractivity contribution in [3.63, 3.8) is 0 Å². The number of hydrogen-bond acceptors (Lipinski definition) is 3. The zero-order chi connectivity index (χ0) is 15.6. The molecule has 2 rings (SSSR count). The lowest BCUT2D eigenvalue weighted by Crippen LogP contribution is -2.12. The zero-order valence-corrected chi connectivity index (χ0v) is 14.3. The first-order valence-electron chi connectivity index (χ1n) is 5.97. The maximum atomic E-state index is 11.3. The molecule has 0 aromatic heterocycles. The Morgan fingerprint density at radius 1 is 1.24 bits per heavy atom. The van der Waals surface area contributed by atoms with Crippen molar-refractivity contribution in [3.05, 3.63) is 57.0 Å². The van der Waals surface area contributed by atoms with Gasteiger partial charge in [-0.05, 0) is 42.8 Å². The molecule has 0 fully saturated rings. The summed E-state index contributed by atoms with van der Waals surface area (Å²) in [5.74, 6) is 0.585. The second-order valence-electron chi connectivity index (χ2n) is 4.50. The molecule has 0 saturated carbocycles.